The summed E-state index contributed by atoms with van der Waals surface area (Å²) in [5, 5.41) is -0.423. The molecule has 0 unspecified atom stereocenters. The van der Waals surface area contributed by atoms with Crippen LogP contribution in [-0.4, -0.2) is 70.7 Å². The molecule has 4 rings (SSSR count). The summed E-state index contributed by atoms with van der Waals surface area (Å²) in [6.45, 7) is 2.37. The number of benzene rings is 2. The number of hydrogen-bond donors (Lipinski definition) is 0. The first kappa shape index (κ1) is 21.5. The summed E-state index contributed by atoms with van der Waals surface area (Å²) in [7, 11) is -7.41. The van der Waals surface area contributed by atoms with Crippen LogP contribution < -0.4 is 4.90 Å². The van der Waals surface area contributed by atoms with Gasteiger partial charge in [0.2, 0.25) is 0 Å². The van der Waals surface area contributed by atoms with Gasteiger partial charge in [0.1, 0.15) is 5.82 Å². The molecule has 0 spiro atoms. The van der Waals surface area contributed by atoms with Crippen LogP contribution in [0.25, 0.3) is 0 Å². The van der Waals surface area contributed by atoms with Gasteiger partial charge in [-0.05, 0) is 42.5 Å². The van der Waals surface area contributed by atoms with Gasteiger partial charge in [-0.3, -0.25) is 4.90 Å². The van der Waals surface area contributed by atoms with Crippen molar-refractivity contribution in [2.45, 2.75) is 16.2 Å². The Kier molecular flexibility index (Phi) is 5.82. The second-order valence-corrected chi connectivity index (χ2v) is 12.4. The predicted octanol–water partition coefficient (Wildman–Crippen LogP) is 2.24. The van der Waals surface area contributed by atoms with Gasteiger partial charge >= 0.3 is 0 Å². The van der Waals surface area contributed by atoms with Gasteiger partial charge in [-0.25, -0.2) is 21.2 Å². The largest absolute Gasteiger partial charge is 0.369 e. The van der Waals surface area contributed by atoms with Crippen LogP contribution >= 0.6 is 11.6 Å². The lowest BCUT2D eigenvalue weighted by Crippen LogP contribution is -2.55. The van der Waals surface area contributed by atoms with Crippen LogP contribution in [0.3, 0.4) is 0 Å². The zero-order chi connectivity index (χ0) is 21.5. The highest BCUT2D eigenvalue weighted by Crippen LogP contribution is 2.30. The maximum absolute atomic E-state index is 13.2. The summed E-state index contributed by atoms with van der Waals surface area (Å²) in [6.07, 6.45) is 0. The number of piperazine rings is 1. The fraction of sp³-hybridized carbons (Fsp3) is 0.400. The molecule has 2 saturated heterocycles. The fourth-order valence-electron chi connectivity index (χ4n) is 4.22. The van der Waals surface area contributed by atoms with Crippen molar-refractivity contribution < 1.29 is 21.2 Å². The van der Waals surface area contributed by atoms with Crippen LogP contribution in [0.15, 0.2) is 53.4 Å². The molecule has 6 nitrogen and oxygen atoms in total. The van der Waals surface area contributed by atoms with Crippen LogP contribution in [0.1, 0.15) is 0 Å². The van der Waals surface area contributed by atoms with Crippen molar-refractivity contribution in [2.24, 2.45) is 0 Å². The molecule has 2 aliphatic rings. The first-order valence-corrected chi connectivity index (χ1v) is 13.3. The van der Waals surface area contributed by atoms with E-state index in [1.165, 1.54) is 12.1 Å². The van der Waals surface area contributed by atoms with Crippen molar-refractivity contribution in [3.63, 3.8) is 0 Å². The van der Waals surface area contributed by atoms with E-state index < -0.39 is 42.5 Å². The Hall–Kier alpha value is -1.68. The van der Waals surface area contributed by atoms with Crippen LogP contribution in [-0.2, 0) is 19.7 Å². The van der Waals surface area contributed by atoms with E-state index in [4.69, 9.17) is 11.6 Å². The van der Waals surface area contributed by atoms with Crippen molar-refractivity contribution in [1.82, 2.24) is 4.90 Å². The number of halogens is 2. The zero-order valence-corrected chi connectivity index (χ0v) is 18.5. The Morgan fingerprint density at radius 1 is 0.967 bits per heavy atom. The number of nitrogens with zero attached hydrogens (tertiary/aromatic N) is 2. The Morgan fingerprint density at radius 3 is 2.27 bits per heavy atom. The van der Waals surface area contributed by atoms with Gasteiger partial charge < -0.3 is 4.90 Å². The lowest BCUT2D eigenvalue weighted by atomic mass is 10.1. The van der Waals surface area contributed by atoms with Crippen molar-refractivity contribution in [1.29, 1.82) is 0 Å². The standard InChI is InChI=1S/C20H22ClFN2O4S2/c21-15-2-1-3-17(12-15)23-8-10-24(11-9-23)19-13-29(25,26)14-20(19)30(27,28)18-6-4-16(22)5-7-18/h1-7,12,19-20H,8-11,13-14H2/t19-,20-/m0/s1. The van der Waals surface area contributed by atoms with Crippen LogP contribution in [0.2, 0.25) is 5.02 Å². The van der Waals surface area contributed by atoms with Crippen LogP contribution in [0.4, 0.5) is 10.1 Å². The molecule has 0 aromatic heterocycles. The second kappa shape index (κ2) is 8.11. The van der Waals surface area contributed by atoms with Crippen LogP contribution in [0.5, 0.6) is 0 Å². The molecule has 0 N–H and O–H groups in total. The minimum absolute atomic E-state index is 0.0476. The second-order valence-electron chi connectivity index (χ2n) is 7.68. The lowest BCUT2D eigenvalue weighted by molar-refractivity contribution is 0.201. The Bertz CT molecular complexity index is 1130. The molecule has 0 radical (unpaired) electrons. The normalized spacial score (nSPS) is 24.8. The van der Waals surface area contributed by atoms with E-state index in [9.17, 15) is 21.2 Å². The summed E-state index contributed by atoms with van der Waals surface area (Å²) in [6, 6.07) is 11.4. The molecule has 0 amide bonds. The molecule has 2 fully saturated rings. The minimum Gasteiger partial charge on any atom is -0.369 e. The Morgan fingerprint density at radius 2 is 1.63 bits per heavy atom. The molecular weight excluding hydrogens is 451 g/mol. The molecule has 0 saturated carbocycles. The quantitative estimate of drug-likeness (QED) is 0.635. The molecule has 2 aliphatic heterocycles. The average molecular weight is 473 g/mol. The number of sulfone groups is 2. The summed E-state index contributed by atoms with van der Waals surface area (Å²) in [4.78, 5) is 4.06. The zero-order valence-electron chi connectivity index (χ0n) is 16.1. The third-order valence-corrected chi connectivity index (χ3v) is 10.1. The van der Waals surface area contributed by atoms with E-state index in [1.807, 2.05) is 23.1 Å². The summed E-state index contributed by atoms with van der Waals surface area (Å²) in [5.41, 5.74) is 0.983. The maximum Gasteiger partial charge on any atom is 0.183 e. The van der Waals surface area contributed by atoms with Gasteiger partial charge in [0.05, 0.1) is 21.7 Å². The van der Waals surface area contributed by atoms with E-state index in [0.29, 0.717) is 31.2 Å². The van der Waals surface area contributed by atoms with Crippen LogP contribution in [0, 0.1) is 5.82 Å². The van der Waals surface area contributed by atoms with Gasteiger partial charge in [0, 0.05) is 42.9 Å². The van der Waals surface area contributed by atoms with E-state index in [-0.39, 0.29) is 10.6 Å². The van der Waals surface area contributed by atoms with Gasteiger partial charge in [-0.1, -0.05) is 17.7 Å². The molecule has 162 valence electrons. The van der Waals surface area contributed by atoms with E-state index >= 15 is 0 Å². The highest BCUT2D eigenvalue weighted by atomic mass is 35.5. The number of hydrogen-bond acceptors (Lipinski definition) is 6. The highest BCUT2D eigenvalue weighted by molar-refractivity contribution is 7.96. The minimum atomic E-state index is -3.91. The topological polar surface area (TPSA) is 74.8 Å². The molecule has 2 atom stereocenters. The van der Waals surface area contributed by atoms with Crippen molar-refractivity contribution in [2.75, 3.05) is 42.6 Å². The van der Waals surface area contributed by atoms with E-state index in [2.05, 4.69) is 4.90 Å². The number of rotatable bonds is 4. The molecular formula is C20H22ClFN2O4S2. The maximum atomic E-state index is 13.2. The van der Waals surface area contributed by atoms with Gasteiger partial charge in [-0.2, -0.15) is 0 Å². The monoisotopic (exact) mass is 472 g/mol. The highest BCUT2D eigenvalue weighted by Gasteiger charge is 2.48. The van der Waals surface area contributed by atoms with Crippen molar-refractivity contribution in [3.05, 3.63) is 59.4 Å². The first-order valence-electron chi connectivity index (χ1n) is 9.60. The predicted molar refractivity (Wildman–Crippen MR) is 115 cm³/mol. The van der Waals surface area contributed by atoms with Gasteiger partial charge in [0.25, 0.3) is 0 Å². The summed E-state index contributed by atoms with van der Waals surface area (Å²) >= 11 is 6.07. The summed E-state index contributed by atoms with van der Waals surface area (Å²) in [5.74, 6) is -1.14. The van der Waals surface area contributed by atoms with Crippen molar-refractivity contribution in [3.8, 4) is 0 Å². The van der Waals surface area contributed by atoms with Gasteiger partial charge in [0.15, 0.2) is 19.7 Å². The SMILES string of the molecule is O=S1(=O)C[C@H](N2CCN(c3cccc(Cl)c3)CC2)[C@@H](S(=O)(=O)c2ccc(F)cc2)C1. The molecule has 10 heteroatoms. The fourth-order valence-corrected chi connectivity index (χ4v) is 9.23. The van der Waals surface area contributed by atoms with E-state index in [1.54, 1.807) is 6.07 Å². The molecule has 0 bridgehead atoms. The smallest absolute Gasteiger partial charge is 0.183 e. The van der Waals surface area contributed by atoms with E-state index in [0.717, 1.165) is 17.8 Å². The Balaban J connectivity index is 1.54. The summed E-state index contributed by atoms with van der Waals surface area (Å²) < 4.78 is 64.3. The number of anilines is 1. The molecule has 2 heterocycles. The lowest BCUT2D eigenvalue weighted by Gasteiger charge is -2.40. The Labute approximate surface area is 181 Å². The van der Waals surface area contributed by atoms with Gasteiger partial charge in [-0.15, -0.1) is 0 Å². The average Bonchev–Trinajstić information content (AvgIpc) is 3.05. The molecule has 30 heavy (non-hydrogen) atoms. The molecule has 2 aromatic carbocycles. The van der Waals surface area contributed by atoms with Crippen molar-refractivity contribution >= 4 is 37.0 Å². The molecule has 0 aliphatic carbocycles. The third kappa shape index (κ3) is 4.34. The third-order valence-electron chi connectivity index (χ3n) is 5.77. The first-order chi connectivity index (χ1) is 14.2. The molecule has 2 aromatic rings.